The van der Waals surface area contributed by atoms with Crippen LogP contribution in [0.5, 0.6) is 5.75 Å². The molecule has 1 aliphatic rings. The third-order valence-corrected chi connectivity index (χ3v) is 3.22. The Bertz CT molecular complexity index is 891. The summed E-state index contributed by atoms with van der Waals surface area (Å²) in [5.41, 5.74) is 8.44. The number of nitrogens with zero attached hydrogens (tertiary/aromatic N) is 2. The predicted molar refractivity (Wildman–Crippen MR) is 108 cm³/mol. The van der Waals surface area contributed by atoms with E-state index in [2.05, 4.69) is 15.9 Å². The fourth-order valence-corrected chi connectivity index (χ4v) is 1.91. The Hall–Kier alpha value is -3.97. The molecule has 0 saturated heterocycles. The number of carbonyl (C=O) groups is 1. The Balaban J connectivity index is 2.18. The maximum Gasteiger partial charge on any atom is 0.250 e. The molecule has 2 rings (SSSR count). The topological polar surface area (TPSA) is 98.3 Å². The van der Waals surface area contributed by atoms with Gasteiger partial charge in [0.05, 0.1) is 11.8 Å². The maximum atomic E-state index is 11.4. The molecule has 28 heavy (non-hydrogen) atoms. The van der Waals surface area contributed by atoms with Crippen molar-refractivity contribution in [3.8, 4) is 5.75 Å². The van der Waals surface area contributed by atoms with Gasteiger partial charge in [-0.1, -0.05) is 85.0 Å². The molecule has 0 radical (unpaired) electrons. The number of benzene rings is 1. The molecule has 0 aromatic heterocycles. The van der Waals surface area contributed by atoms with Gasteiger partial charge in [0.1, 0.15) is 0 Å². The van der Waals surface area contributed by atoms with Crippen LogP contribution in [0.2, 0.25) is 0 Å². The summed E-state index contributed by atoms with van der Waals surface area (Å²) in [6.45, 7) is 0. The lowest BCUT2D eigenvalue weighted by Gasteiger charge is -2.04. The van der Waals surface area contributed by atoms with E-state index in [1.165, 1.54) is 12.3 Å². The number of carbonyl (C=O) groups excluding carboxylic acids is 1. The molecule has 0 spiro atoms. The molecular weight excluding hydrogens is 356 g/mol. The van der Waals surface area contributed by atoms with Gasteiger partial charge in [0.25, 0.3) is 0 Å². The summed E-state index contributed by atoms with van der Waals surface area (Å²) in [7, 11) is 0. The van der Waals surface area contributed by atoms with E-state index in [4.69, 9.17) is 15.6 Å². The Labute approximate surface area is 163 Å². The zero-order valence-corrected chi connectivity index (χ0v) is 15.0. The van der Waals surface area contributed by atoms with Gasteiger partial charge in [-0.05, 0) is 22.4 Å². The van der Waals surface area contributed by atoms with E-state index in [1.54, 1.807) is 18.2 Å². The summed E-state index contributed by atoms with van der Waals surface area (Å²) in [5, 5.41) is 7.18. The van der Waals surface area contributed by atoms with Crippen molar-refractivity contribution in [3.63, 3.8) is 0 Å². The van der Waals surface area contributed by atoms with E-state index >= 15 is 0 Å². The van der Waals surface area contributed by atoms with Crippen LogP contribution in [0.3, 0.4) is 0 Å². The number of amides is 1. The van der Waals surface area contributed by atoms with E-state index in [-0.39, 0.29) is 5.57 Å². The van der Waals surface area contributed by atoms with Gasteiger partial charge in [0.2, 0.25) is 5.91 Å². The average molecular weight is 376 g/mol. The molecule has 142 valence electrons. The number of para-hydroxylation sites is 1. The van der Waals surface area contributed by atoms with Gasteiger partial charge in [0, 0.05) is 5.56 Å². The van der Waals surface area contributed by atoms with Crippen molar-refractivity contribution in [1.29, 1.82) is 0 Å². The minimum atomic E-state index is -0.634. The second-order valence-electron chi connectivity index (χ2n) is 5.22. The van der Waals surface area contributed by atoms with Crippen molar-refractivity contribution in [2.24, 2.45) is 16.1 Å². The summed E-state index contributed by atoms with van der Waals surface area (Å²) >= 11 is 0. The van der Waals surface area contributed by atoms with Gasteiger partial charge in [-0.2, -0.15) is 0 Å². The standard InChI is InChI=1S/C21H20N4O3/c22-21(26)19-15-10-8-6-4-2-1-3-5-7-9-13-18-14-11-12-16-20(18)27-28-25-24-23-17-19/h1-17H,(H2,22,26)(H,23,25)/b3-1-,4-2-,7-5-,8-6-,13-9-,15-10?,19-17?. The first-order chi connectivity index (χ1) is 13.8. The van der Waals surface area contributed by atoms with E-state index in [1.807, 2.05) is 72.9 Å². The molecule has 0 bridgehead atoms. The highest BCUT2D eigenvalue weighted by atomic mass is 17.3. The Morgan fingerprint density at radius 3 is 2.14 bits per heavy atom. The molecule has 0 aliphatic carbocycles. The number of fused-ring (bicyclic) bond motifs is 1. The molecule has 0 unspecified atom stereocenters. The summed E-state index contributed by atoms with van der Waals surface area (Å²) in [6, 6.07) is 7.31. The number of primary amides is 1. The number of hydrogen-bond donors (Lipinski definition) is 2. The molecule has 7 heteroatoms. The number of hydrogen-bond acceptors (Lipinski definition) is 6. The fraction of sp³-hybridized carbons (Fsp3) is 0. The van der Waals surface area contributed by atoms with E-state index in [9.17, 15) is 4.79 Å². The van der Waals surface area contributed by atoms with Crippen LogP contribution in [-0.4, -0.2) is 5.91 Å². The van der Waals surface area contributed by atoms with Crippen molar-refractivity contribution in [1.82, 2.24) is 5.59 Å². The molecular formula is C21H20N4O3. The third-order valence-electron chi connectivity index (χ3n) is 3.22. The van der Waals surface area contributed by atoms with Crippen molar-refractivity contribution in [2.75, 3.05) is 0 Å². The quantitative estimate of drug-likeness (QED) is 0.723. The fourth-order valence-electron chi connectivity index (χ4n) is 1.91. The van der Waals surface area contributed by atoms with Gasteiger partial charge in [-0.15, -0.1) is 10.7 Å². The molecule has 1 heterocycles. The number of nitrogens with one attached hydrogen (secondary N) is 1. The molecule has 0 fully saturated rings. The number of rotatable bonds is 1. The second kappa shape index (κ2) is 12.4. The van der Waals surface area contributed by atoms with Crippen LogP contribution >= 0.6 is 0 Å². The van der Waals surface area contributed by atoms with E-state index < -0.39 is 5.91 Å². The minimum Gasteiger partial charge on any atom is -0.366 e. The normalized spacial score (nSPS) is 20.8. The van der Waals surface area contributed by atoms with Crippen molar-refractivity contribution in [3.05, 3.63) is 108 Å². The zero-order valence-electron chi connectivity index (χ0n) is 15.0. The van der Waals surface area contributed by atoms with Gasteiger partial charge in [-0.3, -0.25) is 4.79 Å². The summed E-state index contributed by atoms with van der Waals surface area (Å²) in [6.07, 6.45) is 23.0. The second-order valence-corrected chi connectivity index (χ2v) is 5.22. The highest BCUT2D eigenvalue weighted by Gasteiger charge is 2.00. The van der Waals surface area contributed by atoms with Crippen LogP contribution in [0.15, 0.2) is 113 Å². The van der Waals surface area contributed by atoms with Crippen LogP contribution < -0.4 is 16.2 Å². The van der Waals surface area contributed by atoms with Crippen LogP contribution in [0.25, 0.3) is 6.08 Å². The van der Waals surface area contributed by atoms with Gasteiger partial charge in [0.15, 0.2) is 5.75 Å². The molecule has 0 saturated carbocycles. The van der Waals surface area contributed by atoms with E-state index in [0.29, 0.717) is 5.75 Å². The van der Waals surface area contributed by atoms with Crippen LogP contribution in [0.4, 0.5) is 0 Å². The van der Waals surface area contributed by atoms with Crippen LogP contribution in [-0.2, 0) is 9.78 Å². The first-order valence-corrected chi connectivity index (χ1v) is 8.36. The molecule has 1 aliphatic heterocycles. The molecule has 7 nitrogen and oxygen atoms in total. The van der Waals surface area contributed by atoms with Crippen LogP contribution in [0.1, 0.15) is 5.56 Å². The number of allylic oxidation sites excluding steroid dienone is 10. The monoisotopic (exact) mass is 376 g/mol. The van der Waals surface area contributed by atoms with Gasteiger partial charge in [-0.25, -0.2) is 0 Å². The molecule has 3 N–H and O–H groups in total. The predicted octanol–water partition coefficient (Wildman–Crippen LogP) is 4.05. The minimum absolute atomic E-state index is 0.173. The maximum absolute atomic E-state index is 11.4. The summed E-state index contributed by atoms with van der Waals surface area (Å²) in [5.74, 6) is -0.147. The Morgan fingerprint density at radius 2 is 1.46 bits per heavy atom. The Morgan fingerprint density at radius 1 is 0.857 bits per heavy atom. The number of nitrogens with two attached hydrogens (primary N) is 1. The summed E-state index contributed by atoms with van der Waals surface area (Å²) < 4.78 is 0. The molecule has 1 aromatic rings. The SMILES string of the molecule is NC(=O)C1=CN=NNOOc2ccccc2\C=C/C=C\C=C/C=C\C=C/C=C1. The largest absolute Gasteiger partial charge is 0.366 e. The third kappa shape index (κ3) is 7.94. The molecule has 0 atom stereocenters. The van der Waals surface area contributed by atoms with Gasteiger partial charge >= 0.3 is 0 Å². The van der Waals surface area contributed by atoms with Crippen molar-refractivity contribution in [2.45, 2.75) is 0 Å². The van der Waals surface area contributed by atoms with Crippen LogP contribution in [0, 0.1) is 0 Å². The molecule has 1 aromatic carbocycles. The zero-order chi connectivity index (χ0) is 19.9. The van der Waals surface area contributed by atoms with Crippen molar-refractivity contribution < 1.29 is 14.7 Å². The van der Waals surface area contributed by atoms with Crippen molar-refractivity contribution >= 4 is 12.0 Å². The van der Waals surface area contributed by atoms with E-state index in [0.717, 1.165) is 5.56 Å². The lowest BCUT2D eigenvalue weighted by atomic mass is 10.2. The Kier molecular flexibility index (Phi) is 9.00. The highest BCUT2D eigenvalue weighted by Crippen LogP contribution is 2.19. The first-order valence-electron chi connectivity index (χ1n) is 8.36. The highest BCUT2D eigenvalue weighted by molar-refractivity contribution is 5.94. The lowest BCUT2D eigenvalue weighted by Crippen LogP contribution is -2.12. The summed E-state index contributed by atoms with van der Waals surface area (Å²) in [4.78, 5) is 21.3. The molecule has 1 amide bonds. The average Bonchev–Trinajstić information content (AvgIpc) is 2.69. The van der Waals surface area contributed by atoms with Gasteiger partial charge < -0.3 is 10.6 Å². The smallest absolute Gasteiger partial charge is 0.250 e. The lowest BCUT2D eigenvalue weighted by molar-refractivity contribution is -0.259. The first kappa shape index (κ1) is 20.3.